The third kappa shape index (κ3) is 7.13. The highest BCUT2D eigenvalue weighted by Gasteiger charge is 2.18. The predicted octanol–water partition coefficient (Wildman–Crippen LogP) is 3.29. The molecule has 0 radical (unpaired) electrons. The van der Waals surface area contributed by atoms with Gasteiger partial charge in [0.2, 0.25) is 5.91 Å². The molecule has 2 aromatic rings. The Morgan fingerprint density at radius 1 is 1.07 bits per heavy atom. The van der Waals surface area contributed by atoms with E-state index in [4.69, 9.17) is 15.2 Å². The van der Waals surface area contributed by atoms with Crippen molar-refractivity contribution in [1.82, 2.24) is 0 Å². The molecule has 0 aliphatic heterocycles. The van der Waals surface area contributed by atoms with Crippen molar-refractivity contribution in [3.63, 3.8) is 0 Å². The van der Waals surface area contributed by atoms with Gasteiger partial charge < -0.3 is 20.5 Å². The van der Waals surface area contributed by atoms with E-state index in [2.05, 4.69) is 10.6 Å². The molecule has 0 saturated heterocycles. The second-order valence-electron chi connectivity index (χ2n) is 7.05. The molecule has 0 aliphatic rings. The van der Waals surface area contributed by atoms with E-state index in [1.54, 1.807) is 32.9 Å². The van der Waals surface area contributed by atoms with Crippen LogP contribution in [0.2, 0.25) is 0 Å². The minimum absolute atomic E-state index is 0.146. The number of nitrogens with two attached hydrogens (primary N) is 1. The number of benzene rings is 2. The highest BCUT2D eigenvalue weighted by atomic mass is 19.1. The molecule has 4 N–H and O–H groups in total. The van der Waals surface area contributed by atoms with Gasteiger partial charge in [0.25, 0.3) is 5.91 Å². The number of rotatable bonds is 6. The number of hydrogen-bond donors (Lipinski definition) is 3. The number of halogens is 1. The lowest BCUT2D eigenvalue weighted by Crippen LogP contribution is -2.27. The zero-order valence-corrected chi connectivity index (χ0v) is 16.2. The number of anilines is 2. The van der Waals surface area contributed by atoms with Crippen molar-refractivity contribution in [2.24, 2.45) is 5.73 Å². The summed E-state index contributed by atoms with van der Waals surface area (Å²) in [7, 11) is 0. The Morgan fingerprint density at radius 3 is 2.45 bits per heavy atom. The monoisotopic (exact) mass is 403 g/mol. The standard InChI is InChI=1S/C20H22FN3O5/c1-20(2,3)29-19(27)24-16-10-13(7-8-15(16)21)23-17(25)11-28-14-6-4-5-12(9-14)18(22)26/h4-10H,11H2,1-3H3,(H2,22,26)(H,23,25)(H,24,27). The van der Waals surface area contributed by atoms with Crippen molar-refractivity contribution in [2.75, 3.05) is 17.2 Å². The zero-order valence-electron chi connectivity index (χ0n) is 16.2. The van der Waals surface area contributed by atoms with E-state index in [0.29, 0.717) is 5.75 Å². The molecule has 0 aromatic heterocycles. The van der Waals surface area contributed by atoms with Gasteiger partial charge in [-0.3, -0.25) is 14.9 Å². The van der Waals surface area contributed by atoms with Gasteiger partial charge in [-0.2, -0.15) is 0 Å². The Labute approximate surface area is 167 Å². The van der Waals surface area contributed by atoms with Gasteiger partial charge in [0.1, 0.15) is 17.2 Å². The summed E-state index contributed by atoms with van der Waals surface area (Å²) in [4.78, 5) is 35.0. The molecular formula is C20H22FN3O5. The molecule has 0 aliphatic carbocycles. The molecular weight excluding hydrogens is 381 g/mol. The molecule has 0 atom stereocenters. The van der Waals surface area contributed by atoms with Crippen LogP contribution in [0.15, 0.2) is 42.5 Å². The molecule has 0 spiro atoms. The molecule has 3 amide bonds. The molecule has 9 heteroatoms. The van der Waals surface area contributed by atoms with E-state index >= 15 is 0 Å². The van der Waals surface area contributed by atoms with Crippen LogP contribution in [0.25, 0.3) is 0 Å². The van der Waals surface area contributed by atoms with Gasteiger partial charge in [-0.05, 0) is 57.2 Å². The van der Waals surface area contributed by atoms with Crippen LogP contribution in [0.4, 0.5) is 20.6 Å². The third-order valence-electron chi connectivity index (χ3n) is 3.37. The largest absolute Gasteiger partial charge is 0.484 e. The summed E-state index contributed by atoms with van der Waals surface area (Å²) >= 11 is 0. The quantitative estimate of drug-likeness (QED) is 0.684. The average Bonchev–Trinajstić information content (AvgIpc) is 2.61. The summed E-state index contributed by atoms with van der Waals surface area (Å²) in [6.07, 6.45) is -0.822. The summed E-state index contributed by atoms with van der Waals surface area (Å²) in [6.45, 7) is 4.69. The van der Waals surface area contributed by atoms with E-state index in [-0.39, 0.29) is 23.5 Å². The van der Waals surface area contributed by atoms with Crippen LogP contribution in [-0.4, -0.2) is 30.1 Å². The molecule has 0 heterocycles. The summed E-state index contributed by atoms with van der Waals surface area (Å²) in [5.41, 5.74) is 4.80. The summed E-state index contributed by atoms with van der Waals surface area (Å²) in [6, 6.07) is 9.76. The molecule has 2 rings (SSSR count). The molecule has 8 nitrogen and oxygen atoms in total. The molecule has 154 valence electrons. The fourth-order valence-corrected chi connectivity index (χ4v) is 2.20. The van der Waals surface area contributed by atoms with E-state index in [0.717, 1.165) is 6.07 Å². The minimum Gasteiger partial charge on any atom is -0.484 e. The van der Waals surface area contributed by atoms with Crippen molar-refractivity contribution >= 4 is 29.3 Å². The second-order valence-corrected chi connectivity index (χ2v) is 7.05. The fourth-order valence-electron chi connectivity index (χ4n) is 2.20. The van der Waals surface area contributed by atoms with Gasteiger partial charge in [-0.25, -0.2) is 9.18 Å². The highest BCUT2D eigenvalue weighted by Crippen LogP contribution is 2.21. The summed E-state index contributed by atoms with van der Waals surface area (Å²) in [5, 5.41) is 4.82. The van der Waals surface area contributed by atoms with Crippen molar-refractivity contribution < 1.29 is 28.2 Å². The second kappa shape index (κ2) is 9.05. The van der Waals surface area contributed by atoms with Gasteiger partial charge in [0.05, 0.1) is 5.69 Å². The highest BCUT2D eigenvalue weighted by molar-refractivity contribution is 5.94. The van der Waals surface area contributed by atoms with E-state index in [1.165, 1.54) is 24.3 Å². The number of carbonyl (C=O) groups excluding carboxylic acids is 3. The normalized spacial score (nSPS) is 10.8. The number of carbonyl (C=O) groups is 3. The van der Waals surface area contributed by atoms with Crippen LogP contribution in [0.1, 0.15) is 31.1 Å². The smallest absolute Gasteiger partial charge is 0.412 e. The van der Waals surface area contributed by atoms with E-state index in [9.17, 15) is 18.8 Å². The Morgan fingerprint density at radius 2 is 1.79 bits per heavy atom. The first kappa shape index (κ1) is 21.7. The maximum absolute atomic E-state index is 13.9. The maximum Gasteiger partial charge on any atom is 0.412 e. The van der Waals surface area contributed by atoms with Crippen molar-refractivity contribution in [3.05, 3.63) is 53.8 Å². The molecule has 2 aromatic carbocycles. The van der Waals surface area contributed by atoms with Crippen LogP contribution in [0.3, 0.4) is 0 Å². The first-order valence-corrected chi connectivity index (χ1v) is 8.65. The summed E-state index contributed by atoms with van der Waals surface area (Å²) in [5.74, 6) is -1.53. The van der Waals surface area contributed by atoms with Gasteiger partial charge in [-0.15, -0.1) is 0 Å². The minimum atomic E-state index is -0.822. The Bertz CT molecular complexity index is 925. The Hall–Kier alpha value is -3.62. The molecule has 0 bridgehead atoms. The van der Waals surface area contributed by atoms with Crippen LogP contribution in [0, 0.1) is 5.82 Å². The van der Waals surface area contributed by atoms with Crippen LogP contribution in [-0.2, 0) is 9.53 Å². The van der Waals surface area contributed by atoms with Crippen LogP contribution in [0.5, 0.6) is 5.75 Å². The number of amides is 3. The molecule has 0 fully saturated rings. The first-order chi connectivity index (χ1) is 13.5. The van der Waals surface area contributed by atoms with Crippen molar-refractivity contribution in [2.45, 2.75) is 26.4 Å². The SMILES string of the molecule is CC(C)(C)OC(=O)Nc1cc(NC(=O)COc2cccc(C(N)=O)c2)ccc1F. The van der Waals surface area contributed by atoms with Crippen molar-refractivity contribution in [3.8, 4) is 5.75 Å². The lowest BCUT2D eigenvalue weighted by Gasteiger charge is -2.20. The number of ether oxygens (including phenoxy) is 2. The Kier molecular flexibility index (Phi) is 6.76. The molecule has 0 unspecified atom stereocenters. The Balaban J connectivity index is 1.97. The maximum atomic E-state index is 13.9. The van der Waals surface area contributed by atoms with E-state index < -0.39 is 29.3 Å². The fraction of sp³-hybridized carbons (Fsp3) is 0.250. The van der Waals surface area contributed by atoms with Gasteiger partial charge >= 0.3 is 6.09 Å². The number of primary amides is 1. The predicted molar refractivity (Wildman–Crippen MR) is 105 cm³/mol. The molecule has 0 saturated carbocycles. The zero-order chi connectivity index (χ0) is 21.6. The van der Waals surface area contributed by atoms with E-state index in [1.807, 2.05) is 0 Å². The van der Waals surface area contributed by atoms with Crippen molar-refractivity contribution in [1.29, 1.82) is 0 Å². The van der Waals surface area contributed by atoms with Gasteiger partial charge in [-0.1, -0.05) is 6.07 Å². The number of hydrogen-bond acceptors (Lipinski definition) is 5. The average molecular weight is 403 g/mol. The number of nitrogens with one attached hydrogen (secondary N) is 2. The lowest BCUT2D eigenvalue weighted by molar-refractivity contribution is -0.118. The first-order valence-electron chi connectivity index (χ1n) is 8.65. The topological polar surface area (TPSA) is 120 Å². The lowest BCUT2D eigenvalue weighted by atomic mass is 10.2. The van der Waals surface area contributed by atoms with Gasteiger partial charge in [0.15, 0.2) is 6.61 Å². The third-order valence-corrected chi connectivity index (χ3v) is 3.37. The summed E-state index contributed by atoms with van der Waals surface area (Å²) < 4.78 is 24.3. The van der Waals surface area contributed by atoms with Gasteiger partial charge in [0, 0.05) is 11.3 Å². The van der Waals surface area contributed by atoms with Crippen LogP contribution >= 0.6 is 0 Å². The molecule has 29 heavy (non-hydrogen) atoms. The van der Waals surface area contributed by atoms with Crippen LogP contribution < -0.4 is 21.1 Å².